The van der Waals surface area contributed by atoms with Crippen molar-refractivity contribution in [2.45, 2.75) is 77.0 Å². The molecule has 2 fully saturated rings. The van der Waals surface area contributed by atoms with E-state index in [2.05, 4.69) is 25.8 Å². The third kappa shape index (κ3) is 2.43. The van der Waals surface area contributed by atoms with Gasteiger partial charge in [0, 0.05) is 12.1 Å². The van der Waals surface area contributed by atoms with Crippen molar-refractivity contribution in [2.75, 3.05) is 7.05 Å². The average Bonchev–Trinajstić information content (AvgIpc) is 2.74. The minimum atomic E-state index is -0.0677. The normalized spacial score (nSPS) is 35.8. The average molecular weight is 225 g/mol. The van der Waals surface area contributed by atoms with Gasteiger partial charge in [0.15, 0.2) is 0 Å². The van der Waals surface area contributed by atoms with E-state index in [-0.39, 0.29) is 6.10 Å². The van der Waals surface area contributed by atoms with Gasteiger partial charge in [-0.1, -0.05) is 26.7 Å². The van der Waals surface area contributed by atoms with Crippen LogP contribution in [0.1, 0.15) is 58.8 Å². The molecular formula is C14H27NO. The fourth-order valence-corrected chi connectivity index (χ4v) is 3.68. The fraction of sp³-hybridized carbons (Fsp3) is 1.00. The summed E-state index contributed by atoms with van der Waals surface area (Å²) in [5.41, 5.74) is 0.372. The molecule has 0 bridgehead atoms. The summed E-state index contributed by atoms with van der Waals surface area (Å²) < 4.78 is 0. The van der Waals surface area contributed by atoms with Crippen molar-refractivity contribution < 1.29 is 5.11 Å². The van der Waals surface area contributed by atoms with Gasteiger partial charge in [0.05, 0.1) is 6.10 Å². The van der Waals surface area contributed by atoms with Crippen molar-refractivity contribution in [1.82, 2.24) is 4.90 Å². The molecule has 2 unspecified atom stereocenters. The monoisotopic (exact) mass is 225 g/mol. The Labute approximate surface area is 100 Å². The smallest absolute Gasteiger partial charge is 0.0555 e. The lowest BCUT2D eigenvalue weighted by Crippen LogP contribution is -2.51. The van der Waals surface area contributed by atoms with Crippen LogP contribution in [0.4, 0.5) is 0 Å². The molecule has 0 aromatic rings. The van der Waals surface area contributed by atoms with Crippen molar-refractivity contribution >= 4 is 0 Å². The Balaban J connectivity index is 2.04. The van der Waals surface area contributed by atoms with E-state index in [0.29, 0.717) is 11.5 Å². The van der Waals surface area contributed by atoms with Crippen LogP contribution >= 0.6 is 0 Å². The predicted molar refractivity (Wildman–Crippen MR) is 67.4 cm³/mol. The minimum Gasteiger partial charge on any atom is -0.393 e. The molecule has 0 saturated heterocycles. The molecule has 0 spiro atoms. The third-order valence-corrected chi connectivity index (χ3v) is 4.91. The summed E-state index contributed by atoms with van der Waals surface area (Å²) in [5, 5.41) is 9.88. The van der Waals surface area contributed by atoms with Gasteiger partial charge in [-0.3, -0.25) is 4.90 Å². The molecule has 0 aliphatic heterocycles. The van der Waals surface area contributed by atoms with Crippen LogP contribution in [0, 0.1) is 5.41 Å². The number of hydrogen-bond acceptors (Lipinski definition) is 2. The summed E-state index contributed by atoms with van der Waals surface area (Å²) >= 11 is 0. The summed E-state index contributed by atoms with van der Waals surface area (Å²) in [6.07, 6.45) is 8.56. The SMILES string of the molecule is CN(C1CCCC1)C1CC(O)CCC1(C)C. The standard InChI is InChI=1S/C14H27NO/c1-14(2)9-8-12(16)10-13(14)15(3)11-6-4-5-7-11/h11-13,16H,4-10H2,1-3H3. The molecule has 0 radical (unpaired) electrons. The molecule has 2 heteroatoms. The van der Waals surface area contributed by atoms with Crippen LogP contribution in [0.2, 0.25) is 0 Å². The number of aliphatic hydroxyl groups is 1. The predicted octanol–water partition coefficient (Wildman–Crippen LogP) is 2.80. The molecule has 2 saturated carbocycles. The second-order valence-corrected chi connectivity index (χ2v) is 6.54. The van der Waals surface area contributed by atoms with Crippen LogP contribution in [0.5, 0.6) is 0 Å². The van der Waals surface area contributed by atoms with Gasteiger partial charge in [-0.15, -0.1) is 0 Å². The van der Waals surface area contributed by atoms with Gasteiger partial charge in [-0.25, -0.2) is 0 Å². The Bertz CT molecular complexity index is 233. The second-order valence-electron chi connectivity index (χ2n) is 6.54. The van der Waals surface area contributed by atoms with Gasteiger partial charge in [0.25, 0.3) is 0 Å². The maximum Gasteiger partial charge on any atom is 0.0555 e. The van der Waals surface area contributed by atoms with Gasteiger partial charge in [0.2, 0.25) is 0 Å². The van der Waals surface area contributed by atoms with Gasteiger partial charge in [0.1, 0.15) is 0 Å². The van der Waals surface area contributed by atoms with Gasteiger partial charge in [-0.2, -0.15) is 0 Å². The van der Waals surface area contributed by atoms with E-state index in [1.54, 1.807) is 0 Å². The van der Waals surface area contributed by atoms with Crippen LogP contribution in [0.15, 0.2) is 0 Å². The van der Waals surface area contributed by atoms with Crippen molar-refractivity contribution in [3.8, 4) is 0 Å². The van der Waals surface area contributed by atoms with Gasteiger partial charge in [-0.05, 0) is 44.6 Å². The van der Waals surface area contributed by atoms with Crippen molar-refractivity contribution in [2.24, 2.45) is 5.41 Å². The molecule has 94 valence electrons. The van der Waals surface area contributed by atoms with E-state index in [1.165, 1.54) is 25.7 Å². The van der Waals surface area contributed by atoms with E-state index in [4.69, 9.17) is 0 Å². The first-order valence-electron chi connectivity index (χ1n) is 6.91. The highest BCUT2D eigenvalue weighted by molar-refractivity contribution is 4.94. The highest BCUT2D eigenvalue weighted by atomic mass is 16.3. The number of nitrogens with zero attached hydrogens (tertiary/aromatic N) is 1. The zero-order valence-corrected chi connectivity index (χ0v) is 11.1. The van der Waals surface area contributed by atoms with Crippen molar-refractivity contribution in [3.05, 3.63) is 0 Å². The Morgan fingerprint density at radius 2 is 1.75 bits per heavy atom. The van der Waals surface area contributed by atoms with Gasteiger partial charge < -0.3 is 5.11 Å². The molecule has 1 N–H and O–H groups in total. The highest BCUT2D eigenvalue weighted by Crippen LogP contribution is 2.40. The molecule has 0 heterocycles. The molecule has 2 rings (SSSR count). The van der Waals surface area contributed by atoms with Crippen molar-refractivity contribution in [1.29, 1.82) is 0 Å². The number of aliphatic hydroxyl groups excluding tert-OH is 1. The van der Waals surface area contributed by atoms with Crippen LogP contribution in [0.25, 0.3) is 0 Å². The molecule has 2 aliphatic carbocycles. The molecular weight excluding hydrogens is 198 g/mol. The molecule has 0 aromatic heterocycles. The first kappa shape index (κ1) is 12.4. The molecule has 2 nitrogen and oxygen atoms in total. The summed E-state index contributed by atoms with van der Waals surface area (Å²) in [6, 6.07) is 1.34. The quantitative estimate of drug-likeness (QED) is 0.781. The largest absolute Gasteiger partial charge is 0.393 e. The van der Waals surface area contributed by atoms with E-state index in [9.17, 15) is 5.11 Å². The Kier molecular flexibility index (Phi) is 3.60. The maximum atomic E-state index is 9.88. The zero-order valence-electron chi connectivity index (χ0n) is 11.1. The van der Waals surface area contributed by atoms with Crippen LogP contribution in [-0.4, -0.2) is 35.2 Å². The topological polar surface area (TPSA) is 23.5 Å². The molecule has 16 heavy (non-hydrogen) atoms. The first-order valence-corrected chi connectivity index (χ1v) is 6.91. The van der Waals surface area contributed by atoms with Crippen LogP contribution in [0.3, 0.4) is 0 Å². The molecule has 2 atom stereocenters. The number of hydrogen-bond donors (Lipinski definition) is 1. The minimum absolute atomic E-state index is 0.0677. The Hall–Kier alpha value is -0.0800. The van der Waals surface area contributed by atoms with Gasteiger partial charge >= 0.3 is 0 Å². The Morgan fingerprint density at radius 1 is 1.12 bits per heavy atom. The van der Waals surface area contributed by atoms with Crippen LogP contribution in [-0.2, 0) is 0 Å². The summed E-state index contributed by atoms with van der Waals surface area (Å²) in [4.78, 5) is 2.58. The Morgan fingerprint density at radius 3 is 2.38 bits per heavy atom. The summed E-state index contributed by atoms with van der Waals surface area (Å²) in [5.74, 6) is 0. The number of rotatable bonds is 2. The van der Waals surface area contributed by atoms with E-state index in [1.807, 2.05) is 0 Å². The first-order chi connectivity index (χ1) is 7.50. The van der Waals surface area contributed by atoms with E-state index in [0.717, 1.165) is 25.3 Å². The second kappa shape index (κ2) is 4.66. The molecule has 0 amide bonds. The lowest BCUT2D eigenvalue weighted by molar-refractivity contribution is -0.0163. The summed E-state index contributed by atoms with van der Waals surface area (Å²) in [7, 11) is 2.28. The lowest BCUT2D eigenvalue weighted by Gasteiger charge is -2.47. The zero-order chi connectivity index (χ0) is 11.8. The van der Waals surface area contributed by atoms with E-state index < -0.39 is 0 Å². The molecule has 0 aromatic carbocycles. The fourth-order valence-electron chi connectivity index (χ4n) is 3.68. The third-order valence-electron chi connectivity index (χ3n) is 4.91. The van der Waals surface area contributed by atoms with E-state index >= 15 is 0 Å². The lowest BCUT2D eigenvalue weighted by atomic mass is 9.71. The summed E-state index contributed by atoms with van der Waals surface area (Å²) in [6.45, 7) is 4.74. The van der Waals surface area contributed by atoms with Crippen LogP contribution < -0.4 is 0 Å². The molecule has 2 aliphatic rings. The highest BCUT2D eigenvalue weighted by Gasteiger charge is 2.40. The van der Waals surface area contributed by atoms with Crippen molar-refractivity contribution in [3.63, 3.8) is 0 Å². The maximum absolute atomic E-state index is 9.88.